The lowest BCUT2D eigenvalue weighted by Crippen LogP contribution is -2.39. The van der Waals surface area contributed by atoms with E-state index >= 15 is 0 Å². The quantitative estimate of drug-likeness (QED) is 0.834. The number of carbonyl (C=O) groups is 1. The lowest BCUT2D eigenvalue weighted by molar-refractivity contribution is -0.153. The second-order valence-corrected chi connectivity index (χ2v) is 4.97. The van der Waals surface area contributed by atoms with E-state index in [1.54, 1.807) is 0 Å². The van der Waals surface area contributed by atoms with Crippen molar-refractivity contribution in [2.45, 2.75) is 25.1 Å². The van der Waals surface area contributed by atoms with E-state index in [1.165, 1.54) is 18.3 Å². The van der Waals surface area contributed by atoms with Crippen LogP contribution in [0.25, 0.3) is 0 Å². The lowest BCUT2D eigenvalue weighted by Gasteiger charge is -2.14. The highest BCUT2D eigenvalue weighted by Crippen LogP contribution is 2.31. The van der Waals surface area contributed by atoms with Gasteiger partial charge >= 0.3 is 6.18 Å². The molecule has 0 spiro atoms. The molecule has 1 aliphatic rings. The van der Waals surface area contributed by atoms with E-state index in [-0.39, 0.29) is 24.0 Å². The summed E-state index contributed by atoms with van der Waals surface area (Å²) in [7, 11) is 0. The van der Waals surface area contributed by atoms with Crippen LogP contribution in [0, 0.1) is 5.92 Å². The van der Waals surface area contributed by atoms with Gasteiger partial charge in [-0.25, -0.2) is 4.98 Å². The molecule has 1 aromatic heterocycles. The molecule has 1 aliphatic carbocycles. The molecule has 8 heteroatoms. The van der Waals surface area contributed by atoms with Crippen LogP contribution >= 0.6 is 0 Å². The number of hydrogen-bond acceptors (Lipinski definition) is 4. The molecule has 1 fully saturated rings. The molecular weight excluding hydrogens is 287 g/mol. The fraction of sp³-hybridized carbons (Fsp3) is 0.538. The van der Waals surface area contributed by atoms with Gasteiger partial charge in [0.1, 0.15) is 0 Å². The highest BCUT2D eigenvalue weighted by Gasteiger charge is 2.30. The topological polar surface area (TPSA) is 77.2 Å². The van der Waals surface area contributed by atoms with Crippen molar-refractivity contribution in [1.29, 1.82) is 0 Å². The first-order chi connectivity index (χ1) is 9.87. The molecule has 1 saturated carbocycles. The van der Waals surface area contributed by atoms with Crippen LogP contribution in [-0.4, -0.2) is 36.3 Å². The molecule has 2 rings (SSSR count). The van der Waals surface area contributed by atoms with Crippen LogP contribution < -0.4 is 15.8 Å². The SMILES string of the molecule is NC(CNC(=O)c1ncccc1OCC(F)(F)F)C1CC1. The number of aromatic nitrogens is 1. The van der Waals surface area contributed by atoms with Crippen LogP contribution in [0.4, 0.5) is 13.2 Å². The summed E-state index contributed by atoms with van der Waals surface area (Å²) in [6.07, 6.45) is -1.07. The summed E-state index contributed by atoms with van der Waals surface area (Å²) in [6.45, 7) is -1.21. The van der Waals surface area contributed by atoms with E-state index in [0.717, 1.165) is 12.8 Å². The van der Waals surface area contributed by atoms with Crippen LogP contribution in [0.5, 0.6) is 5.75 Å². The zero-order valence-corrected chi connectivity index (χ0v) is 11.2. The number of halogens is 3. The Morgan fingerprint density at radius 2 is 2.24 bits per heavy atom. The Balaban J connectivity index is 1.95. The van der Waals surface area contributed by atoms with E-state index in [4.69, 9.17) is 5.73 Å². The summed E-state index contributed by atoms with van der Waals surface area (Å²) in [6, 6.07) is 2.53. The molecule has 0 bridgehead atoms. The Morgan fingerprint density at radius 1 is 1.52 bits per heavy atom. The van der Waals surface area contributed by atoms with Gasteiger partial charge in [0.05, 0.1) is 0 Å². The van der Waals surface area contributed by atoms with Crippen LogP contribution in [0.3, 0.4) is 0 Å². The summed E-state index contributed by atoms with van der Waals surface area (Å²) >= 11 is 0. The maximum Gasteiger partial charge on any atom is 0.422 e. The van der Waals surface area contributed by atoms with Gasteiger partial charge in [-0.05, 0) is 30.9 Å². The number of rotatable bonds is 6. The Bertz CT molecular complexity index is 504. The van der Waals surface area contributed by atoms with E-state index < -0.39 is 18.7 Å². The molecule has 3 N–H and O–H groups in total. The van der Waals surface area contributed by atoms with Crippen molar-refractivity contribution in [3.63, 3.8) is 0 Å². The molecule has 0 radical (unpaired) electrons. The number of pyridine rings is 1. The molecule has 116 valence electrons. The number of nitrogens with one attached hydrogen (secondary N) is 1. The highest BCUT2D eigenvalue weighted by molar-refractivity contribution is 5.94. The van der Waals surface area contributed by atoms with Crippen molar-refractivity contribution < 1.29 is 22.7 Å². The van der Waals surface area contributed by atoms with Gasteiger partial charge in [-0.2, -0.15) is 13.2 Å². The van der Waals surface area contributed by atoms with Gasteiger partial charge < -0.3 is 15.8 Å². The fourth-order valence-electron chi connectivity index (χ4n) is 1.82. The molecule has 1 atom stereocenters. The summed E-state index contributed by atoms with van der Waals surface area (Å²) in [5.41, 5.74) is 5.67. The summed E-state index contributed by atoms with van der Waals surface area (Å²) in [5, 5.41) is 2.57. The van der Waals surface area contributed by atoms with Gasteiger partial charge in [-0.1, -0.05) is 0 Å². The van der Waals surface area contributed by atoms with E-state index in [9.17, 15) is 18.0 Å². The molecule has 1 aromatic rings. The van der Waals surface area contributed by atoms with Gasteiger partial charge in [0.25, 0.3) is 5.91 Å². The fourth-order valence-corrected chi connectivity index (χ4v) is 1.82. The smallest absolute Gasteiger partial charge is 0.422 e. The second kappa shape index (κ2) is 6.30. The monoisotopic (exact) mass is 303 g/mol. The van der Waals surface area contributed by atoms with Crippen molar-refractivity contribution in [3.05, 3.63) is 24.0 Å². The number of hydrogen-bond donors (Lipinski definition) is 2. The predicted octanol–water partition coefficient (Wildman–Crippen LogP) is 1.49. The molecule has 0 aliphatic heterocycles. The molecule has 1 unspecified atom stereocenters. The second-order valence-electron chi connectivity index (χ2n) is 4.97. The van der Waals surface area contributed by atoms with Crippen molar-refractivity contribution >= 4 is 5.91 Å². The first-order valence-electron chi connectivity index (χ1n) is 6.55. The first kappa shape index (κ1) is 15.6. The van der Waals surface area contributed by atoms with E-state index in [1.807, 2.05) is 0 Å². The lowest BCUT2D eigenvalue weighted by atomic mass is 10.2. The van der Waals surface area contributed by atoms with E-state index in [2.05, 4.69) is 15.0 Å². The summed E-state index contributed by atoms with van der Waals surface area (Å²) in [4.78, 5) is 15.7. The third-order valence-corrected chi connectivity index (χ3v) is 3.10. The number of carbonyl (C=O) groups excluding carboxylic acids is 1. The van der Waals surface area contributed by atoms with Gasteiger partial charge in [0, 0.05) is 18.8 Å². The van der Waals surface area contributed by atoms with Gasteiger partial charge in [0.15, 0.2) is 18.1 Å². The minimum absolute atomic E-state index is 0.141. The minimum atomic E-state index is -4.47. The number of nitrogens with zero attached hydrogens (tertiary/aromatic N) is 1. The van der Waals surface area contributed by atoms with Crippen molar-refractivity contribution in [3.8, 4) is 5.75 Å². The van der Waals surface area contributed by atoms with Crippen molar-refractivity contribution in [2.75, 3.05) is 13.2 Å². The van der Waals surface area contributed by atoms with Gasteiger partial charge in [-0.15, -0.1) is 0 Å². The largest absolute Gasteiger partial charge is 0.482 e. The maximum absolute atomic E-state index is 12.2. The molecule has 0 aromatic carbocycles. The average Bonchev–Trinajstić information content (AvgIpc) is 3.26. The third kappa shape index (κ3) is 4.89. The van der Waals surface area contributed by atoms with E-state index in [0.29, 0.717) is 5.92 Å². The van der Waals surface area contributed by atoms with Crippen molar-refractivity contribution in [2.24, 2.45) is 11.7 Å². The van der Waals surface area contributed by atoms with Crippen LogP contribution in [0.1, 0.15) is 23.3 Å². The minimum Gasteiger partial charge on any atom is -0.482 e. The normalized spacial score (nSPS) is 16.4. The zero-order chi connectivity index (χ0) is 15.5. The number of amides is 1. The Morgan fingerprint density at radius 3 is 2.86 bits per heavy atom. The van der Waals surface area contributed by atoms with Crippen LogP contribution in [0.2, 0.25) is 0 Å². The molecule has 0 saturated heterocycles. The number of alkyl halides is 3. The maximum atomic E-state index is 12.2. The first-order valence-corrected chi connectivity index (χ1v) is 6.55. The molecule has 1 heterocycles. The Hall–Kier alpha value is -1.83. The molecule has 5 nitrogen and oxygen atoms in total. The molecular formula is C13H16F3N3O2. The van der Waals surface area contributed by atoms with Crippen LogP contribution in [-0.2, 0) is 0 Å². The standard InChI is InChI=1S/C13H16F3N3O2/c14-13(15,16)7-21-10-2-1-5-18-11(10)12(20)19-6-9(17)8-3-4-8/h1-2,5,8-9H,3-4,6-7,17H2,(H,19,20). The Kier molecular flexibility index (Phi) is 4.66. The Labute approximate surface area is 119 Å². The summed E-state index contributed by atoms with van der Waals surface area (Å²) < 4.78 is 41.1. The highest BCUT2D eigenvalue weighted by atomic mass is 19.4. The summed E-state index contributed by atoms with van der Waals surface area (Å²) in [5.74, 6) is -0.383. The van der Waals surface area contributed by atoms with Crippen molar-refractivity contribution in [1.82, 2.24) is 10.3 Å². The van der Waals surface area contributed by atoms with Crippen LogP contribution in [0.15, 0.2) is 18.3 Å². The molecule has 21 heavy (non-hydrogen) atoms. The molecule has 1 amide bonds. The van der Waals surface area contributed by atoms with Gasteiger partial charge in [-0.3, -0.25) is 4.79 Å². The predicted molar refractivity (Wildman–Crippen MR) is 68.8 cm³/mol. The number of ether oxygens (including phenoxy) is 1. The number of nitrogens with two attached hydrogens (primary N) is 1. The third-order valence-electron chi connectivity index (χ3n) is 3.10. The average molecular weight is 303 g/mol. The van der Waals surface area contributed by atoms with Gasteiger partial charge in [0.2, 0.25) is 0 Å². The zero-order valence-electron chi connectivity index (χ0n) is 11.2.